The van der Waals surface area contributed by atoms with Gasteiger partial charge in [0.1, 0.15) is 11.0 Å². The molecular formula is C20H19ClN2O4S. The number of carbonyl (C=O) groups is 1. The number of aromatic nitrogens is 2. The van der Waals surface area contributed by atoms with Crippen molar-refractivity contribution >= 4 is 40.2 Å². The monoisotopic (exact) mass is 418 g/mol. The van der Waals surface area contributed by atoms with E-state index in [1.54, 1.807) is 31.2 Å². The van der Waals surface area contributed by atoms with E-state index in [0.29, 0.717) is 32.5 Å². The van der Waals surface area contributed by atoms with Gasteiger partial charge in [-0.1, -0.05) is 29.4 Å². The third kappa shape index (κ3) is 3.86. The Morgan fingerprint density at radius 2 is 1.96 bits per heavy atom. The van der Waals surface area contributed by atoms with Crippen molar-refractivity contribution in [1.29, 1.82) is 0 Å². The molecule has 3 aromatic rings. The highest BCUT2D eigenvalue weighted by atomic mass is 35.5. The van der Waals surface area contributed by atoms with E-state index in [1.807, 2.05) is 19.1 Å². The van der Waals surface area contributed by atoms with Crippen LogP contribution in [0, 0.1) is 6.92 Å². The van der Waals surface area contributed by atoms with Gasteiger partial charge in [-0.3, -0.25) is 14.2 Å². The van der Waals surface area contributed by atoms with Crippen LogP contribution in [0.5, 0.6) is 5.75 Å². The molecule has 28 heavy (non-hydrogen) atoms. The molecule has 0 spiro atoms. The number of methoxy groups -OCH3 is 2. The zero-order valence-corrected chi connectivity index (χ0v) is 17.4. The fourth-order valence-electron chi connectivity index (χ4n) is 2.78. The number of hydrogen-bond acceptors (Lipinski definition) is 6. The number of benzene rings is 2. The molecule has 0 aliphatic heterocycles. The number of hydrogen-bond donors (Lipinski definition) is 0. The Morgan fingerprint density at radius 1 is 1.21 bits per heavy atom. The number of aryl methyl sites for hydroxylation is 1. The van der Waals surface area contributed by atoms with Gasteiger partial charge < -0.3 is 9.47 Å². The number of rotatable bonds is 5. The lowest BCUT2D eigenvalue weighted by molar-refractivity contribution is -0.139. The van der Waals surface area contributed by atoms with Gasteiger partial charge in [0.05, 0.1) is 30.8 Å². The maximum Gasteiger partial charge on any atom is 0.318 e. The molecule has 0 saturated carbocycles. The molecule has 1 heterocycles. The Balaban J connectivity index is 2.33. The second kappa shape index (κ2) is 8.24. The molecule has 0 bridgehead atoms. The molecule has 0 aliphatic rings. The average molecular weight is 419 g/mol. The van der Waals surface area contributed by atoms with Crippen molar-refractivity contribution in [1.82, 2.24) is 9.55 Å². The Morgan fingerprint density at radius 3 is 2.64 bits per heavy atom. The molecule has 146 valence electrons. The molecule has 0 fully saturated rings. The van der Waals surface area contributed by atoms with E-state index >= 15 is 0 Å². The van der Waals surface area contributed by atoms with Crippen LogP contribution < -0.4 is 10.3 Å². The van der Waals surface area contributed by atoms with E-state index in [1.165, 1.54) is 18.8 Å². The third-order valence-corrected chi connectivity index (χ3v) is 5.46. The fourth-order valence-corrected chi connectivity index (χ4v) is 3.89. The van der Waals surface area contributed by atoms with E-state index in [4.69, 9.17) is 21.1 Å². The summed E-state index contributed by atoms with van der Waals surface area (Å²) in [6.45, 7) is 3.62. The summed E-state index contributed by atoms with van der Waals surface area (Å²) in [7, 11) is 2.86. The highest BCUT2D eigenvalue weighted by molar-refractivity contribution is 8.00. The van der Waals surface area contributed by atoms with E-state index in [0.717, 1.165) is 17.3 Å². The molecular weight excluding hydrogens is 400 g/mol. The topological polar surface area (TPSA) is 70.4 Å². The number of halogens is 1. The van der Waals surface area contributed by atoms with Crippen LogP contribution in [0.3, 0.4) is 0 Å². The summed E-state index contributed by atoms with van der Waals surface area (Å²) in [4.78, 5) is 29.9. The van der Waals surface area contributed by atoms with Crippen LogP contribution in [0.1, 0.15) is 12.5 Å². The summed E-state index contributed by atoms with van der Waals surface area (Å²) in [5.41, 5.74) is 1.69. The van der Waals surface area contributed by atoms with Crippen molar-refractivity contribution in [2.75, 3.05) is 14.2 Å². The SMILES string of the molecule is COC(=O)[C@H](C)Sc1nc2cc(Cl)ccc2c(=O)n1-c1cc(C)ccc1OC. The first-order valence-corrected chi connectivity index (χ1v) is 9.73. The highest BCUT2D eigenvalue weighted by Crippen LogP contribution is 2.30. The average Bonchev–Trinajstić information content (AvgIpc) is 2.67. The van der Waals surface area contributed by atoms with Crippen LogP contribution >= 0.6 is 23.4 Å². The summed E-state index contributed by atoms with van der Waals surface area (Å²) < 4.78 is 11.7. The molecule has 0 N–H and O–H groups in total. The minimum Gasteiger partial charge on any atom is -0.495 e. The van der Waals surface area contributed by atoms with Gasteiger partial charge in [0.15, 0.2) is 5.16 Å². The summed E-state index contributed by atoms with van der Waals surface area (Å²) in [5, 5.41) is 0.683. The minimum absolute atomic E-state index is 0.273. The zero-order valence-electron chi connectivity index (χ0n) is 15.9. The zero-order chi connectivity index (χ0) is 20.4. The van der Waals surface area contributed by atoms with E-state index in [-0.39, 0.29) is 5.56 Å². The Bertz CT molecular complexity index is 1110. The molecule has 1 atom stereocenters. The van der Waals surface area contributed by atoms with Crippen LogP contribution in [-0.2, 0) is 9.53 Å². The number of esters is 1. The predicted octanol–water partition coefficient (Wildman–Crippen LogP) is 4.01. The summed E-state index contributed by atoms with van der Waals surface area (Å²) in [6, 6.07) is 10.4. The lowest BCUT2D eigenvalue weighted by Gasteiger charge is -2.18. The molecule has 0 unspecified atom stereocenters. The van der Waals surface area contributed by atoms with Gasteiger partial charge in [0.2, 0.25) is 0 Å². The van der Waals surface area contributed by atoms with Crippen LogP contribution in [-0.4, -0.2) is 35.0 Å². The van der Waals surface area contributed by atoms with Gasteiger partial charge in [-0.25, -0.2) is 4.98 Å². The lowest BCUT2D eigenvalue weighted by Crippen LogP contribution is -2.24. The van der Waals surface area contributed by atoms with Crippen molar-refractivity contribution in [3.63, 3.8) is 0 Å². The van der Waals surface area contributed by atoms with Gasteiger partial charge in [-0.05, 0) is 49.7 Å². The quantitative estimate of drug-likeness (QED) is 0.354. The minimum atomic E-state index is -0.560. The molecule has 0 aliphatic carbocycles. The fraction of sp³-hybridized carbons (Fsp3) is 0.250. The number of ether oxygens (including phenoxy) is 2. The first-order valence-electron chi connectivity index (χ1n) is 8.47. The van der Waals surface area contributed by atoms with Crippen LogP contribution in [0.25, 0.3) is 16.6 Å². The molecule has 0 amide bonds. The van der Waals surface area contributed by atoms with Crippen molar-refractivity contribution in [3.05, 3.63) is 57.3 Å². The molecule has 3 rings (SSSR count). The number of nitrogens with zero attached hydrogens (tertiary/aromatic N) is 2. The first kappa shape index (κ1) is 20.2. The normalized spacial score (nSPS) is 12.0. The standard InChI is InChI=1S/C20H19ClN2O4S/c1-11-5-8-17(26-3)16(9-11)23-18(24)14-7-6-13(21)10-15(14)22-20(23)28-12(2)19(25)27-4/h5-10,12H,1-4H3/t12-/m0/s1. The molecule has 1 aromatic heterocycles. The smallest absolute Gasteiger partial charge is 0.318 e. The molecule has 8 heteroatoms. The second-order valence-corrected chi connectivity index (χ2v) is 7.90. The van der Waals surface area contributed by atoms with Crippen molar-refractivity contribution < 1.29 is 14.3 Å². The third-order valence-electron chi connectivity index (χ3n) is 4.19. The van der Waals surface area contributed by atoms with Crippen molar-refractivity contribution in [2.45, 2.75) is 24.3 Å². The van der Waals surface area contributed by atoms with E-state index in [2.05, 4.69) is 4.98 Å². The van der Waals surface area contributed by atoms with Gasteiger partial charge >= 0.3 is 5.97 Å². The van der Waals surface area contributed by atoms with Crippen LogP contribution in [0.4, 0.5) is 0 Å². The predicted molar refractivity (Wildman–Crippen MR) is 111 cm³/mol. The van der Waals surface area contributed by atoms with Gasteiger partial charge in [0, 0.05) is 5.02 Å². The maximum absolute atomic E-state index is 13.4. The van der Waals surface area contributed by atoms with Crippen LogP contribution in [0.15, 0.2) is 46.3 Å². The van der Waals surface area contributed by atoms with Gasteiger partial charge in [0.25, 0.3) is 5.56 Å². The second-order valence-electron chi connectivity index (χ2n) is 6.15. The maximum atomic E-state index is 13.4. The summed E-state index contributed by atoms with van der Waals surface area (Å²) >= 11 is 7.21. The van der Waals surface area contributed by atoms with E-state index in [9.17, 15) is 9.59 Å². The Hall–Kier alpha value is -2.51. The number of carbonyl (C=O) groups excluding carboxylic acids is 1. The Kier molecular flexibility index (Phi) is 5.96. The van der Waals surface area contributed by atoms with Gasteiger partial charge in [-0.15, -0.1) is 0 Å². The van der Waals surface area contributed by atoms with Crippen molar-refractivity contribution in [2.24, 2.45) is 0 Å². The highest BCUT2D eigenvalue weighted by Gasteiger charge is 2.22. The molecule has 6 nitrogen and oxygen atoms in total. The molecule has 0 saturated heterocycles. The summed E-state index contributed by atoms with van der Waals surface area (Å²) in [5.74, 6) is 0.114. The molecule has 0 radical (unpaired) electrons. The Labute approximate surface area is 171 Å². The first-order chi connectivity index (χ1) is 13.3. The number of fused-ring (bicyclic) bond motifs is 1. The largest absolute Gasteiger partial charge is 0.495 e. The van der Waals surface area contributed by atoms with Crippen LogP contribution in [0.2, 0.25) is 5.02 Å². The summed E-state index contributed by atoms with van der Waals surface area (Å²) in [6.07, 6.45) is 0. The number of thioether (sulfide) groups is 1. The molecule has 2 aromatic carbocycles. The van der Waals surface area contributed by atoms with E-state index < -0.39 is 11.2 Å². The van der Waals surface area contributed by atoms with Crippen molar-refractivity contribution in [3.8, 4) is 11.4 Å². The lowest BCUT2D eigenvalue weighted by atomic mass is 10.2. The van der Waals surface area contributed by atoms with Gasteiger partial charge in [-0.2, -0.15) is 0 Å².